The number of aliphatic imine (C=N–C) groups is 1. The maximum absolute atomic E-state index is 5.37. The van der Waals surface area contributed by atoms with Gasteiger partial charge in [-0.2, -0.15) is 0 Å². The second-order valence-electron chi connectivity index (χ2n) is 6.09. The molecule has 144 valence electrons. The van der Waals surface area contributed by atoms with Gasteiger partial charge >= 0.3 is 0 Å². The number of guanidine groups is 1. The lowest BCUT2D eigenvalue weighted by atomic mass is 10.3. The topological polar surface area (TPSA) is 66.2 Å². The summed E-state index contributed by atoms with van der Waals surface area (Å²) in [5, 5.41) is 6.70. The lowest BCUT2D eigenvalue weighted by molar-refractivity contribution is 0.0394. The standard InChI is InChI=1S/C18H28N6O.HI/c1-2-19-18(21-8-10-23-11-13-25-14-12-23)20-7-6-16-15-24-9-4-3-5-17(24)22-16;/h3-5,9,15H,2,6-8,10-14H2,1H3,(H2,19,20,21);1H. The summed E-state index contributed by atoms with van der Waals surface area (Å²) in [6, 6.07) is 6.05. The summed E-state index contributed by atoms with van der Waals surface area (Å²) in [6.07, 6.45) is 4.98. The van der Waals surface area contributed by atoms with E-state index in [9.17, 15) is 0 Å². The van der Waals surface area contributed by atoms with Crippen LogP contribution < -0.4 is 10.6 Å². The molecule has 3 rings (SSSR count). The summed E-state index contributed by atoms with van der Waals surface area (Å²) >= 11 is 0. The average molecular weight is 472 g/mol. The molecular formula is C18H29IN6O. The van der Waals surface area contributed by atoms with E-state index in [-0.39, 0.29) is 24.0 Å². The molecule has 3 heterocycles. The van der Waals surface area contributed by atoms with Crippen molar-refractivity contribution < 1.29 is 4.74 Å². The van der Waals surface area contributed by atoms with Gasteiger partial charge in [0.05, 0.1) is 25.5 Å². The normalized spacial score (nSPS) is 15.7. The zero-order valence-electron chi connectivity index (χ0n) is 15.4. The Kier molecular flexibility index (Phi) is 9.13. The summed E-state index contributed by atoms with van der Waals surface area (Å²) in [5.41, 5.74) is 2.08. The Morgan fingerprint density at radius 1 is 1.27 bits per heavy atom. The van der Waals surface area contributed by atoms with Crippen LogP contribution in [0.15, 0.2) is 35.6 Å². The molecule has 0 bridgehead atoms. The van der Waals surface area contributed by atoms with Gasteiger partial charge in [-0.3, -0.25) is 9.89 Å². The third kappa shape index (κ3) is 6.40. The van der Waals surface area contributed by atoms with E-state index >= 15 is 0 Å². The Balaban J connectivity index is 0.00000243. The van der Waals surface area contributed by atoms with Crippen molar-refractivity contribution in [2.75, 3.05) is 52.5 Å². The molecule has 1 aliphatic heterocycles. The van der Waals surface area contributed by atoms with Crippen LogP contribution in [-0.4, -0.2) is 72.7 Å². The van der Waals surface area contributed by atoms with E-state index in [1.165, 1.54) is 0 Å². The van der Waals surface area contributed by atoms with Crippen molar-refractivity contribution in [1.82, 2.24) is 24.9 Å². The van der Waals surface area contributed by atoms with Crippen molar-refractivity contribution in [2.24, 2.45) is 4.99 Å². The molecule has 1 aliphatic rings. The van der Waals surface area contributed by atoms with Crippen LogP contribution in [0.2, 0.25) is 0 Å². The van der Waals surface area contributed by atoms with E-state index in [2.05, 4.69) is 43.0 Å². The van der Waals surface area contributed by atoms with Crippen LogP contribution in [-0.2, 0) is 11.2 Å². The highest BCUT2D eigenvalue weighted by Gasteiger charge is 2.09. The molecule has 0 radical (unpaired) electrons. The molecule has 0 unspecified atom stereocenters. The summed E-state index contributed by atoms with van der Waals surface area (Å²) in [6.45, 7) is 9.21. The molecule has 2 aromatic rings. The maximum Gasteiger partial charge on any atom is 0.191 e. The second kappa shape index (κ2) is 11.3. The monoisotopic (exact) mass is 472 g/mol. The first-order chi connectivity index (χ1) is 12.3. The molecule has 8 heteroatoms. The van der Waals surface area contributed by atoms with Crippen LogP contribution in [0.1, 0.15) is 12.6 Å². The van der Waals surface area contributed by atoms with Crippen molar-refractivity contribution in [1.29, 1.82) is 0 Å². The van der Waals surface area contributed by atoms with E-state index in [1.54, 1.807) is 0 Å². The minimum absolute atomic E-state index is 0. The first-order valence-electron chi connectivity index (χ1n) is 9.10. The van der Waals surface area contributed by atoms with Crippen LogP contribution in [0.5, 0.6) is 0 Å². The Hall–Kier alpha value is -1.39. The molecule has 7 nitrogen and oxygen atoms in total. The van der Waals surface area contributed by atoms with Gasteiger partial charge in [0, 0.05) is 51.5 Å². The first-order valence-corrected chi connectivity index (χ1v) is 9.10. The number of fused-ring (bicyclic) bond motifs is 1. The average Bonchev–Trinajstić information content (AvgIpc) is 3.05. The zero-order valence-corrected chi connectivity index (χ0v) is 17.7. The molecule has 2 N–H and O–H groups in total. The SMILES string of the molecule is CCNC(=NCCN1CCOCC1)NCCc1cn2ccccc2n1.I. The van der Waals surface area contributed by atoms with Gasteiger partial charge in [-0.25, -0.2) is 4.98 Å². The van der Waals surface area contributed by atoms with Gasteiger partial charge < -0.3 is 19.8 Å². The highest BCUT2D eigenvalue weighted by Crippen LogP contribution is 2.04. The first kappa shape index (κ1) is 20.9. The number of imidazole rings is 1. The van der Waals surface area contributed by atoms with Gasteiger partial charge in [-0.15, -0.1) is 24.0 Å². The Bertz CT molecular complexity index is 650. The minimum atomic E-state index is 0. The molecule has 0 saturated carbocycles. The Morgan fingerprint density at radius 2 is 2.12 bits per heavy atom. The number of ether oxygens (including phenoxy) is 1. The number of nitrogens with one attached hydrogen (secondary N) is 2. The van der Waals surface area contributed by atoms with E-state index in [0.717, 1.165) is 76.2 Å². The van der Waals surface area contributed by atoms with Gasteiger partial charge in [-0.1, -0.05) is 6.07 Å². The van der Waals surface area contributed by atoms with Crippen molar-refractivity contribution in [2.45, 2.75) is 13.3 Å². The fourth-order valence-corrected chi connectivity index (χ4v) is 2.89. The molecule has 0 spiro atoms. The number of hydrogen-bond donors (Lipinski definition) is 2. The number of morpholine rings is 1. The number of rotatable bonds is 7. The smallest absolute Gasteiger partial charge is 0.191 e. The van der Waals surface area contributed by atoms with Gasteiger partial charge in [0.15, 0.2) is 5.96 Å². The highest BCUT2D eigenvalue weighted by molar-refractivity contribution is 14.0. The number of nitrogens with zero attached hydrogens (tertiary/aromatic N) is 4. The van der Waals surface area contributed by atoms with Gasteiger partial charge in [-0.05, 0) is 19.1 Å². The fourth-order valence-electron chi connectivity index (χ4n) is 2.89. The van der Waals surface area contributed by atoms with Gasteiger partial charge in [0.25, 0.3) is 0 Å². The van der Waals surface area contributed by atoms with E-state index < -0.39 is 0 Å². The van der Waals surface area contributed by atoms with E-state index in [1.807, 2.05) is 24.4 Å². The zero-order chi connectivity index (χ0) is 17.3. The predicted octanol–water partition coefficient (Wildman–Crippen LogP) is 1.38. The molecule has 1 saturated heterocycles. The second-order valence-corrected chi connectivity index (χ2v) is 6.09. The quantitative estimate of drug-likeness (QED) is 0.362. The summed E-state index contributed by atoms with van der Waals surface area (Å²) in [4.78, 5) is 11.7. The Labute approximate surface area is 172 Å². The lowest BCUT2D eigenvalue weighted by Crippen LogP contribution is -2.40. The van der Waals surface area contributed by atoms with Crippen LogP contribution in [0.25, 0.3) is 5.65 Å². The van der Waals surface area contributed by atoms with Crippen molar-refractivity contribution in [3.8, 4) is 0 Å². The number of hydrogen-bond acceptors (Lipinski definition) is 4. The summed E-state index contributed by atoms with van der Waals surface area (Å²) in [7, 11) is 0. The molecule has 1 fully saturated rings. The maximum atomic E-state index is 5.37. The molecule has 0 amide bonds. The van der Waals surface area contributed by atoms with Gasteiger partial charge in [0.2, 0.25) is 0 Å². The molecule has 0 aliphatic carbocycles. The molecule has 2 aromatic heterocycles. The van der Waals surface area contributed by atoms with Crippen LogP contribution in [0.3, 0.4) is 0 Å². The molecule has 0 aromatic carbocycles. The van der Waals surface area contributed by atoms with Crippen LogP contribution in [0, 0.1) is 0 Å². The molecule has 26 heavy (non-hydrogen) atoms. The lowest BCUT2D eigenvalue weighted by Gasteiger charge is -2.25. The molecular weight excluding hydrogens is 443 g/mol. The summed E-state index contributed by atoms with van der Waals surface area (Å²) in [5.74, 6) is 0.875. The molecule has 0 atom stereocenters. The number of pyridine rings is 1. The Morgan fingerprint density at radius 3 is 2.88 bits per heavy atom. The van der Waals surface area contributed by atoms with Crippen molar-refractivity contribution in [3.05, 3.63) is 36.3 Å². The van der Waals surface area contributed by atoms with Crippen LogP contribution >= 0.6 is 24.0 Å². The highest BCUT2D eigenvalue weighted by atomic mass is 127. The minimum Gasteiger partial charge on any atom is -0.379 e. The fraction of sp³-hybridized carbons (Fsp3) is 0.556. The number of halogens is 1. The van der Waals surface area contributed by atoms with Crippen molar-refractivity contribution in [3.63, 3.8) is 0 Å². The van der Waals surface area contributed by atoms with E-state index in [4.69, 9.17) is 4.74 Å². The van der Waals surface area contributed by atoms with Crippen molar-refractivity contribution >= 4 is 35.6 Å². The third-order valence-corrected chi connectivity index (χ3v) is 4.22. The largest absolute Gasteiger partial charge is 0.379 e. The third-order valence-electron chi connectivity index (χ3n) is 4.22. The predicted molar refractivity (Wildman–Crippen MR) is 116 cm³/mol. The van der Waals surface area contributed by atoms with Gasteiger partial charge in [0.1, 0.15) is 5.65 Å². The number of aromatic nitrogens is 2. The van der Waals surface area contributed by atoms with Crippen LogP contribution in [0.4, 0.5) is 0 Å². The summed E-state index contributed by atoms with van der Waals surface area (Å²) < 4.78 is 7.43. The van der Waals surface area contributed by atoms with E-state index in [0.29, 0.717) is 0 Å².